The molecule has 1 N–H and O–H groups in total. The lowest BCUT2D eigenvalue weighted by Crippen LogP contribution is -2.26. The van der Waals surface area contributed by atoms with Crippen LogP contribution in [-0.2, 0) is 6.18 Å². The molecular weight excluding hydrogens is 281 g/mol. The quantitative estimate of drug-likeness (QED) is 0.921. The van der Waals surface area contributed by atoms with Gasteiger partial charge in [0.2, 0.25) is 0 Å². The molecule has 21 heavy (non-hydrogen) atoms. The monoisotopic (exact) mass is 296 g/mol. The first-order valence-corrected chi connectivity index (χ1v) is 6.55. The predicted molar refractivity (Wildman–Crippen MR) is 71.4 cm³/mol. The number of nitrogens with zero attached hydrogens (tertiary/aromatic N) is 3. The fourth-order valence-corrected chi connectivity index (χ4v) is 2.06. The molecule has 0 aromatic carbocycles. The van der Waals surface area contributed by atoms with Gasteiger partial charge in [0, 0.05) is 24.2 Å². The first kappa shape index (κ1) is 15.4. The summed E-state index contributed by atoms with van der Waals surface area (Å²) in [6.45, 7) is 2.53. The van der Waals surface area contributed by atoms with Crippen molar-refractivity contribution >= 4 is 0 Å². The van der Waals surface area contributed by atoms with Crippen molar-refractivity contribution in [2.75, 3.05) is 6.54 Å². The summed E-state index contributed by atoms with van der Waals surface area (Å²) in [4.78, 5) is 3.84. The van der Waals surface area contributed by atoms with Crippen LogP contribution in [0.3, 0.4) is 0 Å². The van der Waals surface area contributed by atoms with Crippen LogP contribution in [0.2, 0.25) is 0 Å². The van der Waals surface area contributed by atoms with Crippen molar-refractivity contribution in [3.63, 3.8) is 0 Å². The van der Waals surface area contributed by atoms with E-state index in [4.69, 9.17) is 0 Å². The summed E-state index contributed by atoms with van der Waals surface area (Å²) >= 11 is 0. The van der Waals surface area contributed by atoms with E-state index >= 15 is 0 Å². The van der Waals surface area contributed by atoms with Gasteiger partial charge in [0.25, 0.3) is 0 Å². The van der Waals surface area contributed by atoms with Crippen LogP contribution in [0.5, 0.6) is 0 Å². The van der Waals surface area contributed by atoms with Crippen LogP contribution in [0.4, 0.5) is 13.2 Å². The first-order chi connectivity index (χ1) is 10.0. The van der Waals surface area contributed by atoms with Crippen molar-refractivity contribution in [1.29, 1.82) is 0 Å². The first-order valence-electron chi connectivity index (χ1n) is 6.55. The molecule has 0 radical (unpaired) electrons. The molecule has 0 saturated carbocycles. The maximum atomic E-state index is 13.2. The molecule has 0 saturated heterocycles. The van der Waals surface area contributed by atoms with Gasteiger partial charge in [0.1, 0.15) is 0 Å². The maximum absolute atomic E-state index is 13.2. The lowest BCUT2D eigenvalue weighted by atomic mass is 9.97. The molecule has 0 amide bonds. The van der Waals surface area contributed by atoms with Gasteiger partial charge in [-0.2, -0.15) is 23.4 Å². The highest BCUT2D eigenvalue weighted by molar-refractivity contribution is 5.35. The minimum absolute atomic E-state index is 0.0893. The Morgan fingerprint density at radius 1 is 1.14 bits per heavy atom. The van der Waals surface area contributed by atoms with Gasteiger partial charge in [-0.15, -0.1) is 0 Å². The molecule has 2 aromatic heterocycles. The molecule has 2 heterocycles. The van der Waals surface area contributed by atoms with E-state index in [9.17, 15) is 13.2 Å². The molecule has 0 aliphatic rings. The lowest BCUT2D eigenvalue weighted by Gasteiger charge is -2.22. The van der Waals surface area contributed by atoms with E-state index in [1.165, 1.54) is 18.6 Å². The minimum atomic E-state index is -4.43. The van der Waals surface area contributed by atoms with E-state index in [0.29, 0.717) is 12.1 Å². The van der Waals surface area contributed by atoms with E-state index in [0.717, 1.165) is 18.7 Å². The van der Waals surface area contributed by atoms with Crippen LogP contribution in [0.1, 0.15) is 36.1 Å². The van der Waals surface area contributed by atoms with Gasteiger partial charge in [0.15, 0.2) is 0 Å². The molecule has 112 valence electrons. The molecule has 0 bridgehead atoms. The zero-order chi connectivity index (χ0) is 15.3. The Hall–Kier alpha value is -2.02. The minimum Gasteiger partial charge on any atom is -0.306 e. The van der Waals surface area contributed by atoms with Gasteiger partial charge in [0.05, 0.1) is 17.8 Å². The highest BCUT2D eigenvalue weighted by atomic mass is 19.4. The third-order valence-corrected chi connectivity index (χ3v) is 3.01. The Kier molecular flexibility index (Phi) is 4.85. The Labute approximate surface area is 120 Å². The third kappa shape index (κ3) is 3.75. The average Bonchev–Trinajstić information content (AvgIpc) is 2.48. The summed E-state index contributed by atoms with van der Waals surface area (Å²) in [6, 6.07) is 2.02. The Morgan fingerprint density at radius 3 is 2.57 bits per heavy atom. The van der Waals surface area contributed by atoms with E-state index < -0.39 is 17.8 Å². The molecule has 0 aliphatic carbocycles. The van der Waals surface area contributed by atoms with Gasteiger partial charge in [-0.05, 0) is 30.7 Å². The van der Waals surface area contributed by atoms with Crippen molar-refractivity contribution in [1.82, 2.24) is 20.5 Å². The highest BCUT2D eigenvalue weighted by Gasteiger charge is 2.35. The van der Waals surface area contributed by atoms with Gasteiger partial charge < -0.3 is 5.32 Å². The van der Waals surface area contributed by atoms with Gasteiger partial charge in [-0.25, -0.2) is 0 Å². The zero-order valence-electron chi connectivity index (χ0n) is 11.4. The van der Waals surface area contributed by atoms with E-state index in [1.807, 2.05) is 6.92 Å². The second kappa shape index (κ2) is 6.62. The Morgan fingerprint density at radius 2 is 1.95 bits per heavy atom. The van der Waals surface area contributed by atoms with E-state index in [2.05, 4.69) is 20.5 Å². The standard InChI is InChI=1S/C14H15F3N4/c1-2-5-19-13(10-3-7-20-21-8-10)11-9-18-6-4-12(11)14(15,16)17/h3-4,6-9,13,19H,2,5H2,1H3. The molecule has 1 unspecified atom stereocenters. The molecule has 7 heteroatoms. The number of pyridine rings is 1. The molecule has 4 nitrogen and oxygen atoms in total. The van der Waals surface area contributed by atoms with Crippen molar-refractivity contribution in [3.8, 4) is 0 Å². The molecule has 0 spiro atoms. The van der Waals surface area contributed by atoms with Crippen LogP contribution in [0.25, 0.3) is 0 Å². The summed E-state index contributed by atoms with van der Waals surface area (Å²) in [5.41, 5.74) is 0.0197. The molecule has 2 aromatic rings. The second-order valence-electron chi connectivity index (χ2n) is 4.52. The maximum Gasteiger partial charge on any atom is 0.416 e. The fourth-order valence-electron chi connectivity index (χ4n) is 2.06. The van der Waals surface area contributed by atoms with Crippen molar-refractivity contribution in [2.45, 2.75) is 25.6 Å². The average molecular weight is 296 g/mol. The van der Waals surface area contributed by atoms with Crippen LogP contribution in [-0.4, -0.2) is 21.7 Å². The van der Waals surface area contributed by atoms with Crippen LogP contribution < -0.4 is 5.32 Å². The highest BCUT2D eigenvalue weighted by Crippen LogP contribution is 2.35. The normalized spacial score (nSPS) is 13.1. The number of alkyl halides is 3. The van der Waals surface area contributed by atoms with Gasteiger partial charge in [-0.3, -0.25) is 4.98 Å². The molecule has 2 rings (SSSR count). The van der Waals surface area contributed by atoms with Crippen molar-refractivity contribution in [3.05, 3.63) is 53.6 Å². The van der Waals surface area contributed by atoms with Crippen molar-refractivity contribution < 1.29 is 13.2 Å². The summed E-state index contributed by atoms with van der Waals surface area (Å²) in [6.07, 6.45) is 1.69. The fraction of sp³-hybridized carbons (Fsp3) is 0.357. The van der Waals surface area contributed by atoms with Gasteiger partial charge in [-0.1, -0.05) is 6.92 Å². The van der Waals surface area contributed by atoms with Crippen LogP contribution in [0.15, 0.2) is 36.9 Å². The van der Waals surface area contributed by atoms with E-state index in [-0.39, 0.29) is 5.56 Å². The predicted octanol–water partition coefficient (Wildman–Crippen LogP) is 2.98. The molecule has 0 fully saturated rings. The Balaban J connectivity index is 2.47. The summed E-state index contributed by atoms with van der Waals surface area (Å²) in [5, 5.41) is 10.5. The number of hydrogen-bond acceptors (Lipinski definition) is 4. The summed E-state index contributed by atoms with van der Waals surface area (Å²) in [7, 11) is 0. The zero-order valence-corrected chi connectivity index (χ0v) is 11.4. The molecular formula is C14H15F3N4. The molecule has 1 atom stereocenters. The summed E-state index contributed by atoms with van der Waals surface area (Å²) in [5.74, 6) is 0. The number of hydrogen-bond donors (Lipinski definition) is 1. The van der Waals surface area contributed by atoms with Gasteiger partial charge >= 0.3 is 6.18 Å². The molecule has 0 aliphatic heterocycles. The Bertz CT molecular complexity index is 572. The number of halogens is 3. The number of nitrogens with one attached hydrogen (secondary N) is 1. The topological polar surface area (TPSA) is 50.7 Å². The SMILES string of the molecule is CCCNC(c1ccnnc1)c1cnccc1C(F)(F)F. The number of rotatable bonds is 5. The van der Waals surface area contributed by atoms with Crippen LogP contribution >= 0.6 is 0 Å². The second-order valence-corrected chi connectivity index (χ2v) is 4.52. The smallest absolute Gasteiger partial charge is 0.306 e. The number of aromatic nitrogens is 3. The van der Waals surface area contributed by atoms with Crippen LogP contribution in [0, 0.1) is 0 Å². The largest absolute Gasteiger partial charge is 0.416 e. The lowest BCUT2D eigenvalue weighted by molar-refractivity contribution is -0.138. The van der Waals surface area contributed by atoms with Crippen molar-refractivity contribution in [2.24, 2.45) is 0 Å². The van der Waals surface area contributed by atoms with E-state index in [1.54, 1.807) is 6.07 Å². The third-order valence-electron chi connectivity index (χ3n) is 3.01. The summed E-state index contributed by atoms with van der Waals surface area (Å²) < 4.78 is 39.5.